The minimum atomic E-state index is -0.464. The molecular formula is C22H31N3O3. The van der Waals surface area contributed by atoms with Crippen LogP contribution in [0, 0.1) is 12.3 Å². The molecule has 1 aliphatic heterocycles. The van der Waals surface area contributed by atoms with Gasteiger partial charge in [0.15, 0.2) is 0 Å². The summed E-state index contributed by atoms with van der Waals surface area (Å²) in [7, 11) is 0. The lowest BCUT2D eigenvalue weighted by molar-refractivity contribution is -0.245. The Morgan fingerprint density at radius 1 is 1.32 bits per heavy atom. The fraction of sp³-hybridized carbons (Fsp3) is 0.591. The molecule has 6 nitrogen and oxygen atoms in total. The highest BCUT2D eigenvalue weighted by molar-refractivity contribution is 5.71. The lowest BCUT2D eigenvalue weighted by Gasteiger charge is -2.51. The fourth-order valence-electron chi connectivity index (χ4n) is 4.71. The SMILES string of the molecule is C#CCN[C@@H]1CCc2ccc(OC(=O)NC3CC(C)(C)N(O)C(C)(C)C3)cc21. The lowest BCUT2D eigenvalue weighted by Crippen LogP contribution is -2.63. The number of aryl methyl sites for hydroxylation is 1. The van der Waals surface area contributed by atoms with Crippen molar-refractivity contribution in [3.8, 4) is 18.1 Å². The van der Waals surface area contributed by atoms with E-state index >= 15 is 0 Å². The normalized spacial score (nSPS) is 23.6. The van der Waals surface area contributed by atoms with Gasteiger partial charge in [-0.25, -0.2) is 4.79 Å². The maximum Gasteiger partial charge on any atom is 0.412 e. The molecule has 1 aromatic carbocycles. The van der Waals surface area contributed by atoms with Crippen molar-refractivity contribution in [3.63, 3.8) is 0 Å². The predicted octanol–water partition coefficient (Wildman–Crippen LogP) is 3.40. The van der Waals surface area contributed by atoms with E-state index in [9.17, 15) is 10.0 Å². The topological polar surface area (TPSA) is 73.8 Å². The molecule has 28 heavy (non-hydrogen) atoms. The van der Waals surface area contributed by atoms with E-state index < -0.39 is 17.2 Å². The summed E-state index contributed by atoms with van der Waals surface area (Å²) in [4.78, 5) is 12.5. The summed E-state index contributed by atoms with van der Waals surface area (Å²) in [5, 5.41) is 18.1. The molecular weight excluding hydrogens is 354 g/mol. The van der Waals surface area contributed by atoms with E-state index in [0.29, 0.717) is 25.1 Å². The smallest absolute Gasteiger partial charge is 0.410 e. The Balaban J connectivity index is 1.64. The van der Waals surface area contributed by atoms with Gasteiger partial charge in [0.2, 0.25) is 0 Å². The van der Waals surface area contributed by atoms with Gasteiger partial charge in [-0.2, -0.15) is 5.06 Å². The standard InChI is InChI=1S/C22H31N3O3/c1-6-11-23-19-10-8-15-7-9-17(12-18(15)19)28-20(26)24-16-13-21(2,3)25(27)22(4,5)14-16/h1,7,9,12,16,19,23,27H,8,10-11,13-14H2,2-5H3,(H,24,26)/t19-/m1/s1. The molecule has 0 spiro atoms. The number of hydroxylamine groups is 2. The highest BCUT2D eigenvalue weighted by atomic mass is 16.6. The van der Waals surface area contributed by atoms with Crippen molar-refractivity contribution in [1.29, 1.82) is 0 Å². The van der Waals surface area contributed by atoms with Crippen LogP contribution < -0.4 is 15.4 Å². The van der Waals surface area contributed by atoms with Crippen LogP contribution in [-0.2, 0) is 6.42 Å². The summed E-state index contributed by atoms with van der Waals surface area (Å²) >= 11 is 0. The molecule has 1 fully saturated rings. The number of hydrogen-bond acceptors (Lipinski definition) is 5. The van der Waals surface area contributed by atoms with Crippen molar-refractivity contribution >= 4 is 6.09 Å². The van der Waals surface area contributed by atoms with Crippen molar-refractivity contribution in [2.45, 2.75) is 76.5 Å². The fourth-order valence-corrected chi connectivity index (χ4v) is 4.71. The van der Waals surface area contributed by atoms with Crippen LogP contribution in [0.2, 0.25) is 0 Å². The minimum absolute atomic E-state index is 0.0691. The van der Waals surface area contributed by atoms with E-state index in [1.165, 1.54) is 10.6 Å². The van der Waals surface area contributed by atoms with Crippen LogP contribution in [-0.4, -0.2) is 40.0 Å². The number of ether oxygens (including phenoxy) is 1. The zero-order valence-electron chi connectivity index (χ0n) is 17.2. The molecule has 0 bridgehead atoms. The van der Waals surface area contributed by atoms with Gasteiger partial charge in [0, 0.05) is 23.2 Å². The number of piperidine rings is 1. The number of amides is 1. The number of benzene rings is 1. The van der Waals surface area contributed by atoms with Gasteiger partial charge in [0.25, 0.3) is 0 Å². The van der Waals surface area contributed by atoms with Crippen LogP contribution >= 0.6 is 0 Å². The summed E-state index contributed by atoms with van der Waals surface area (Å²) in [6, 6.07) is 5.92. The molecule has 0 saturated carbocycles. The highest BCUT2D eigenvalue weighted by Crippen LogP contribution is 2.37. The van der Waals surface area contributed by atoms with E-state index in [1.807, 2.05) is 45.9 Å². The number of rotatable bonds is 4. The molecule has 6 heteroatoms. The number of terminal acetylenes is 1. The van der Waals surface area contributed by atoms with Gasteiger partial charge >= 0.3 is 6.09 Å². The van der Waals surface area contributed by atoms with Gasteiger partial charge in [-0.15, -0.1) is 6.42 Å². The monoisotopic (exact) mass is 385 g/mol. The second kappa shape index (κ2) is 7.75. The van der Waals surface area contributed by atoms with Crippen molar-refractivity contribution < 1.29 is 14.7 Å². The summed E-state index contributed by atoms with van der Waals surface area (Å²) in [5.41, 5.74) is 1.56. The number of hydrogen-bond donors (Lipinski definition) is 3. The van der Waals surface area contributed by atoms with Crippen LogP contribution in [0.25, 0.3) is 0 Å². The predicted molar refractivity (Wildman–Crippen MR) is 108 cm³/mol. The third-order valence-electron chi connectivity index (χ3n) is 5.82. The molecule has 3 N–H and O–H groups in total. The second-order valence-electron chi connectivity index (χ2n) is 9.11. The zero-order valence-corrected chi connectivity index (χ0v) is 17.2. The molecule has 3 rings (SSSR count). The molecule has 1 amide bonds. The Labute approximate surface area is 167 Å². The summed E-state index contributed by atoms with van der Waals surface area (Å²) < 4.78 is 5.56. The number of carbonyl (C=O) groups is 1. The second-order valence-corrected chi connectivity index (χ2v) is 9.11. The number of nitrogens with zero attached hydrogens (tertiary/aromatic N) is 1. The molecule has 152 valence electrons. The number of carbonyl (C=O) groups excluding carboxylic acids is 1. The molecule has 0 radical (unpaired) electrons. The van der Waals surface area contributed by atoms with E-state index in [2.05, 4.69) is 16.6 Å². The van der Waals surface area contributed by atoms with Crippen LogP contribution in [0.4, 0.5) is 4.79 Å². The third-order valence-corrected chi connectivity index (χ3v) is 5.82. The van der Waals surface area contributed by atoms with E-state index in [4.69, 9.17) is 11.2 Å². The summed E-state index contributed by atoms with van der Waals surface area (Å²) in [6.45, 7) is 8.40. The average molecular weight is 386 g/mol. The molecule has 1 saturated heterocycles. The Kier molecular flexibility index (Phi) is 5.72. The first-order valence-corrected chi connectivity index (χ1v) is 9.89. The summed E-state index contributed by atoms with van der Waals surface area (Å²) in [5.74, 6) is 3.14. The van der Waals surface area contributed by atoms with E-state index in [-0.39, 0.29) is 12.1 Å². The van der Waals surface area contributed by atoms with Crippen molar-refractivity contribution in [1.82, 2.24) is 15.7 Å². The first kappa shape index (κ1) is 20.7. The molecule has 1 heterocycles. The van der Waals surface area contributed by atoms with Crippen molar-refractivity contribution in [2.75, 3.05) is 6.54 Å². The maximum atomic E-state index is 12.5. The Bertz CT molecular complexity index is 764. The Morgan fingerprint density at radius 3 is 2.64 bits per heavy atom. The minimum Gasteiger partial charge on any atom is -0.410 e. The van der Waals surface area contributed by atoms with Gasteiger partial charge in [0.05, 0.1) is 6.54 Å². The largest absolute Gasteiger partial charge is 0.412 e. The Hall–Kier alpha value is -2.07. The molecule has 1 atom stereocenters. The van der Waals surface area contributed by atoms with Gasteiger partial charge in [-0.05, 0) is 76.6 Å². The van der Waals surface area contributed by atoms with E-state index in [0.717, 1.165) is 18.4 Å². The van der Waals surface area contributed by atoms with Gasteiger partial charge in [-0.3, -0.25) is 5.32 Å². The molecule has 1 aromatic rings. The lowest BCUT2D eigenvalue weighted by atomic mass is 9.79. The van der Waals surface area contributed by atoms with Crippen LogP contribution in [0.5, 0.6) is 5.75 Å². The highest BCUT2D eigenvalue weighted by Gasteiger charge is 2.45. The third kappa shape index (κ3) is 4.33. The van der Waals surface area contributed by atoms with Crippen molar-refractivity contribution in [2.24, 2.45) is 0 Å². The Morgan fingerprint density at radius 2 is 2.00 bits per heavy atom. The van der Waals surface area contributed by atoms with Gasteiger partial charge < -0.3 is 15.3 Å². The molecule has 0 aromatic heterocycles. The summed E-state index contributed by atoms with van der Waals surface area (Å²) in [6.07, 6.45) is 8.16. The quantitative estimate of drug-likeness (QED) is 0.693. The molecule has 1 aliphatic carbocycles. The zero-order chi connectivity index (χ0) is 20.5. The number of nitrogens with one attached hydrogen (secondary N) is 2. The van der Waals surface area contributed by atoms with E-state index in [1.54, 1.807) is 0 Å². The van der Waals surface area contributed by atoms with Gasteiger partial charge in [-0.1, -0.05) is 12.0 Å². The van der Waals surface area contributed by atoms with Crippen molar-refractivity contribution in [3.05, 3.63) is 29.3 Å². The first-order chi connectivity index (χ1) is 13.1. The van der Waals surface area contributed by atoms with Gasteiger partial charge in [0.1, 0.15) is 5.75 Å². The maximum absolute atomic E-state index is 12.5. The van der Waals surface area contributed by atoms with Crippen LogP contribution in [0.3, 0.4) is 0 Å². The van der Waals surface area contributed by atoms with Crippen LogP contribution in [0.1, 0.15) is 64.1 Å². The average Bonchev–Trinajstić information content (AvgIpc) is 2.99. The first-order valence-electron chi connectivity index (χ1n) is 9.89. The molecule has 2 aliphatic rings. The van der Waals surface area contributed by atoms with Crippen LogP contribution in [0.15, 0.2) is 18.2 Å². The number of fused-ring (bicyclic) bond motifs is 1. The molecule has 0 unspecified atom stereocenters.